The summed E-state index contributed by atoms with van der Waals surface area (Å²) in [4.78, 5) is 47.5. The molecular weight excluding hydrogens is 949 g/mol. The molecular formula is C37H54IN3O21. The van der Waals surface area contributed by atoms with E-state index in [2.05, 4.69) is 38.5 Å². The monoisotopic (exact) mass is 1000 g/mol. The average molecular weight is 1000 g/mol. The Morgan fingerprint density at radius 1 is 0.710 bits per heavy atom. The Morgan fingerprint density at radius 2 is 1.23 bits per heavy atom. The zero-order chi connectivity index (χ0) is 45.4. The average Bonchev–Trinajstić information content (AvgIpc) is 3.25. The zero-order valence-corrected chi connectivity index (χ0v) is 35.5. The Balaban J connectivity index is 1.40. The van der Waals surface area contributed by atoms with E-state index >= 15 is 0 Å². The number of carboxylic acids is 2. The van der Waals surface area contributed by atoms with Crippen molar-refractivity contribution >= 4 is 52.8 Å². The zero-order valence-electron chi connectivity index (χ0n) is 33.3. The number of nitrogens with one attached hydrogen (secondary N) is 3. The van der Waals surface area contributed by atoms with Crippen LogP contribution in [-0.2, 0) is 57.1 Å². The van der Waals surface area contributed by atoms with E-state index in [0.717, 1.165) is 3.57 Å². The molecule has 0 bridgehead atoms. The first-order valence-electron chi connectivity index (χ1n) is 19.6. The number of carbonyl (C=O) groups excluding carboxylic acids is 2. The Morgan fingerprint density at radius 3 is 1.76 bits per heavy atom. The minimum absolute atomic E-state index is 0.139. The van der Waals surface area contributed by atoms with Crippen molar-refractivity contribution in [1.82, 2.24) is 10.6 Å². The van der Waals surface area contributed by atoms with Crippen molar-refractivity contribution in [1.29, 1.82) is 0 Å². The van der Waals surface area contributed by atoms with Crippen LogP contribution in [0.15, 0.2) is 24.3 Å². The van der Waals surface area contributed by atoms with Crippen LogP contribution >= 0.6 is 22.6 Å². The van der Waals surface area contributed by atoms with E-state index in [9.17, 15) is 65.1 Å². The van der Waals surface area contributed by atoms with Crippen LogP contribution in [0.3, 0.4) is 0 Å². The Hall–Kier alpha value is -2.65. The quantitative estimate of drug-likeness (QED) is 0.0430. The molecule has 24 nitrogen and oxygen atoms in total. The molecule has 62 heavy (non-hydrogen) atoms. The molecule has 0 aromatic heterocycles. The van der Waals surface area contributed by atoms with Gasteiger partial charge in [0.05, 0.1) is 50.6 Å². The van der Waals surface area contributed by atoms with Gasteiger partial charge in [0.15, 0.2) is 37.4 Å². The molecule has 4 fully saturated rings. The van der Waals surface area contributed by atoms with Crippen LogP contribution in [0.1, 0.15) is 6.92 Å². The number of benzene rings is 1. The smallest absolute Gasteiger partial charge is 0.333 e. The first kappa shape index (κ1) is 50.4. The second kappa shape index (κ2) is 23.0. The number of aliphatic hydroxyl groups excluding tert-OH is 7. The van der Waals surface area contributed by atoms with E-state index in [1.807, 2.05) is 12.1 Å². The van der Waals surface area contributed by atoms with Gasteiger partial charge in [0.2, 0.25) is 0 Å². The molecule has 1 aromatic carbocycles. The van der Waals surface area contributed by atoms with Gasteiger partial charge < -0.3 is 109 Å². The number of aldehydes is 2. The van der Waals surface area contributed by atoms with E-state index < -0.39 is 154 Å². The minimum atomic E-state index is -2.02. The molecule has 4 heterocycles. The van der Waals surface area contributed by atoms with Gasteiger partial charge in [0, 0.05) is 34.7 Å². The van der Waals surface area contributed by atoms with Crippen LogP contribution < -0.4 is 16.0 Å². The van der Waals surface area contributed by atoms with Crippen molar-refractivity contribution in [3.8, 4) is 0 Å². The van der Waals surface area contributed by atoms with Gasteiger partial charge in [-0.3, -0.25) is 0 Å². The fourth-order valence-corrected chi connectivity index (χ4v) is 8.14. The molecule has 1 aromatic rings. The van der Waals surface area contributed by atoms with Crippen LogP contribution in [0, 0.1) is 15.4 Å². The topological polar surface area (TPSA) is 360 Å². The molecule has 4 saturated heterocycles. The van der Waals surface area contributed by atoms with E-state index in [1.54, 1.807) is 12.1 Å². The number of aliphatic hydroxyl groups is 7. The molecule has 0 radical (unpaired) electrons. The number of carbonyl (C=O) groups is 4. The standard InChI is InChI=1S/C37H54IN3O21/c1-14-22(45)26(49)36(59-28(14)32(51)52)62-31-21(40-8-10-43)35(57-18(24(31)47)11-41-16-5-3-15(38)4-6-16)56-13-17-23(46)27(50)37(60-29(17)33(53)54)61-30-20(39-7-9-42)34(55-2)58-19(12-44)25(30)48/h3-6,9-10,14,17-31,34-37,39-41,44-50H,7-8,11-13H2,1-2H3,(H,51,52)(H,53,54). The fourth-order valence-electron chi connectivity index (χ4n) is 7.78. The normalized spacial score (nSPS) is 41.3. The summed E-state index contributed by atoms with van der Waals surface area (Å²) in [6.07, 6.45) is -25.6. The van der Waals surface area contributed by atoms with Gasteiger partial charge >= 0.3 is 11.9 Å². The molecule has 0 amide bonds. The summed E-state index contributed by atoms with van der Waals surface area (Å²) in [5.41, 5.74) is 0.603. The van der Waals surface area contributed by atoms with Crippen LogP contribution in [0.4, 0.5) is 5.69 Å². The fraction of sp³-hybridized carbons (Fsp3) is 0.730. The lowest BCUT2D eigenvalue weighted by Crippen LogP contribution is -2.68. The van der Waals surface area contributed by atoms with Crippen molar-refractivity contribution in [2.75, 3.05) is 45.3 Å². The van der Waals surface area contributed by atoms with Crippen LogP contribution in [0.25, 0.3) is 0 Å². The SMILES string of the molecule is COC1OC(CO)C(O)C(OC2OC(C(=O)O)C(COC3OC(CNc4ccc(I)cc4)C(O)C(OC4OC(C(=O)O)C(C)C(O)C4O)C3NCC=O)C(O)C2O)C1NCC=O. The molecule has 12 N–H and O–H groups in total. The number of halogens is 1. The summed E-state index contributed by atoms with van der Waals surface area (Å²) >= 11 is 2.11. The molecule has 350 valence electrons. The summed E-state index contributed by atoms with van der Waals surface area (Å²) in [5, 5.41) is 106. The third kappa shape index (κ3) is 11.6. The summed E-state index contributed by atoms with van der Waals surface area (Å²) in [6, 6.07) is 4.59. The van der Waals surface area contributed by atoms with Crippen LogP contribution in [-0.4, -0.2) is 221 Å². The number of carboxylic acid groups (broad SMARTS) is 2. The van der Waals surface area contributed by atoms with Gasteiger partial charge in [-0.05, 0) is 46.9 Å². The number of aliphatic carboxylic acids is 2. The first-order valence-corrected chi connectivity index (χ1v) is 20.7. The van der Waals surface area contributed by atoms with Gasteiger partial charge in [0.1, 0.15) is 61.4 Å². The number of ether oxygens (including phenoxy) is 8. The van der Waals surface area contributed by atoms with Gasteiger partial charge in [-0.25, -0.2) is 9.59 Å². The largest absolute Gasteiger partial charge is 0.479 e. The third-order valence-electron chi connectivity index (χ3n) is 11.2. The number of anilines is 1. The molecule has 5 rings (SSSR count). The first-order chi connectivity index (χ1) is 29.6. The lowest BCUT2D eigenvalue weighted by atomic mass is 9.89. The molecule has 25 heteroatoms. The van der Waals surface area contributed by atoms with Gasteiger partial charge in [0.25, 0.3) is 0 Å². The molecule has 4 aliphatic rings. The molecule has 4 aliphatic heterocycles. The van der Waals surface area contributed by atoms with E-state index in [-0.39, 0.29) is 13.1 Å². The predicted octanol–water partition coefficient (Wildman–Crippen LogP) is -5.07. The highest BCUT2D eigenvalue weighted by atomic mass is 127. The Labute approximate surface area is 367 Å². The molecule has 20 unspecified atom stereocenters. The van der Waals surface area contributed by atoms with E-state index in [0.29, 0.717) is 18.3 Å². The highest BCUT2D eigenvalue weighted by Crippen LogP contribution is 2.35. The van der Waals surface area contributed by atoms with Crippen molar-refractivity contribution in [3.05, 3.63) is 27.8 Å². The van der Waals surface area contributed by atoms with Crippen molar-refractivity contribution in [2.24, 2.45) is 11.8 Å². The van der Waals surface area contributed by atoms with Gasteiger partial charge in [-0.2, -0.15) is 0 Å². The van der Waals surface area contributed by atoms with Crippen molar-refractivity contribution < 1.29 is 103 Å². The maximum absolute atomic E-state index is 12.7. The van der Waals surface area contributed by atoms with E-state index in [4.69, 9.17) is 37.9 Å². The Bertz CT molecular complexity index is 1620. The molecule has 0 saturated carbocycles. The number of methoxy groups -OCH3 is 1. The Kier molecular flexibility index (Phi) is 18.7. The van der Waals surface area contributed by atoms with Crippen LogP contribution in [0.2, 0.25) is 0 Å². The second-order valence-electron chi connectivity index (χ2n) is 15.1. The lowest BCUT2D eigenvalue weighted by molar-refractivity contribution is -0.345. The predicted molar refractivity (Wildman–Crippen MR) is 212 cm³/mol. The summed E-state index contributed by atoms with van der Waals surface area (Å²) in [5.74, 6) is -5.79. The minimum Gasteiger partial charge on any atom is -0.479 e. The highest BCUT2D eigenvalue weighted by Gasteiger charge is 2.55. The molecule has 20 atom stereocenters. The maximum atomic E-state index is 12.7. The lowest BCUT2D eigenvalue weighted by Gasteiger charge is -2.49. The molecule has 0 aliphatic carbocycles. The van der Waals surface area contributed by atoms with E-state index in [1.165, 1.54) is 14.0 Å². The number of rotatable bonds is 20. The third-order valence-corrected chi connectivity index (χ3v) is 11.9. The van der Waals surface area contributed by atoms with Gasteiger partial charge in [-0.15, -0.1) is 0 Å². The van der Waals surface area contributed by atoms with Gasteiger partial charge in [-0.1, -0.05) is 6.92 Å². The molecule has 0 spiro atoms. The summed E-state index contributed by atoms with van der Waals surface area (Å²) in [6.45, 7) is -0.965. The summed E-state index contributed by atoms with van der Waals surface area (Å²) < 4.78 is 47.1. The van der Waals surface area contributed by atoms with Crippen LogP contribution in [0.5, 0.6) is 0 Å². The maximum Gasteiger partial charge on any atom is 0.333 e. The second-order valence-corrected chi connectivity index (χ2v) is 16.4. The highest BCUT2D eigenvalue weighted by molar-refractivity contribution is 14.1. The number of hydrogen-bond donors (Lipinski definition) is 12. The van der Waals surface area contributed by atoms with Crippen molar-refractivity contribution in [2.45, 2.75) is 117 Å². The number of hydrogen-bond acceptors (Lipinski definition) is 22. The van der Waals surface area contributed by atoms with Crippen molar-refractivity contribution in [3.63, 3.8) is 0 Å². The summed E-state index contributed by atoms with van der Waals surface area (Å²) in [7, 11) is 1.24.